The Labute approximate surface area is 138 Å². The summed E-state index contributed by atoms with van der Waals surface area (Å²) in [6.07, 6.45) is 3.75. The molecule has 0 radical (unpaired) electrons. The molecule has 5 nitrogen and oxygen atoms in total. The number of nitrogens with zero attached hydrogens (tertiary/aromatic N) is 2. The highest BCUT2D eigenvalue weighted by molar-refractivity contribution is 7.98. The Morgan fingerprint density at radius 3 is 2.74 bits per heavy atom. The van der Waals surface area contributed by atoms with E-state index in [1.807, 2.05) is 6.26 Å². The zero-order chi connectivity index (χ0) is 16.9. The zero-order valence-corrected chi connectivity index (χ0v) is 13.9. The summed E-state index contributed by atoms with van der Waals surface area (Å²) in [6.45, 7) is 1.89. The fourth-order valence-corrected chi connectivity index (χ4v) is 2.80. The van der Waals surface area contributed by atoms with Gasteiger partial charge in [0.2, 0.25) is 5.91 Å². The topological polar surface area (TPSA) is 67.2 Å². The molecule has 0 fully saturated rings. The predicted octanol–water partition coefficient (Wildman–Crippen LogP) is 1.78. The number of carbonyl (C=O) groups excluding carboxylic acids is 1. The number of nitrogens with one attached hydrogen (secondary N) is 1. The monoisotopic (exact) mass is 337 g/mol. The van der Waals surface area contributed by atoms with Gasteiger partial charge in [0.1, 0.15) is 5.82 Å². The molecule has 0 spiro atoms. The first kappa shape index (κ1) is 17.5. The van der Waals surface area contributed by atoms with Crippen molar-refractivity contribution in [2.75, 3.05) is 18.6 Å². The zero-order valence-electron chi connectivity index (χ0n) is 13.1. The summed E-state index contributed by atoms with van der Waals surface area (Å²) >= 11 is 1.52. The highest BCUT2D eigenvalue weighted by Crippen LogP contribution is 2.10. The number of benzene rings is 1. The maximum absolute atomic E-state index is 12.9. The van der Waals surface area contributed by atoms with Crippen molar-refractivity contribution < 1.29 is 14.3 Å². The SMILES string of the molecule is CSCC(C)(O)CNC(=O)Cc1ccn(-c2ccc(F)cc2)n1. The van der Waals surface area contributed by atoms with E-state index in [-0.39, 0.29) is 24.7 Å². The number of halogens is 1. The lowest BCUT2D eigenvalue weighted by atomic mass is 10.1. The molecule has 0 aliphatic heterocycles. The predicted molar refractivity (Wildman–Crippen MR) is 89.2 cm³/mol. The molecule has 1 unspecified atom stereocenters. The summed E-state index contributed by atoms with van der Waals surface area (Å²) in [4.78, 5) is 11.9. The smallest absolute Gasteiger partial charge is 0.226 e. The molecule has 1 heterocycles. The molecule has 0 saturated carbocycles. The van der Waals surface area contributed by atoms with Gasteiger partial charge in [-0.25, -0.2) is 9.07 Å². The van der Waals surface area contributed by atoms with Crippen LogP contribution < -0.4 is 5.32 Å². The summed E-state index contributed by atoms with van der Waals surface area (Å²) in [5.74, 6) is 0.0421. The van der Waals surface area contributed by atoms with Gasteiger partial charge < -0.3 is 10.4 Å². The van der Waals surface area contributed by atoms with Gasteiger partial charge in [0, 0.05) is 18.5 Å². The molecule has 2 N–H and O–H groups in total. The number of hydrogen-bond donors (Lipinski definition) is 2. The van der Waals surface area contributed by atoms with Crippen LogP contribution >= 0.6 is 11.8 Å². The lowest BCUT2D eigenvalue weighted by Gasteiger charge is -2.22. The van der Waals surface area contributed by atoms with E-state index in [1.54, 1.807) is 36.0 Å². The Bertz CT molecular complexity index is 656. The molecular formula is C16H20FN3O2S. The van der Waals surface area contributed by atoms with Crippen LogP contribution in [0.3, 0.4) is 0 Å². The molecule has 1 aromatic carbocycles. The lowest BCUT2D eigenvalue weighted by molar-refractivity contribution is -0.121. The van der Waals surface area contributed by atoms with Crippen LogP contribution in [-0.2, 0) is 11.2 Å². The van der Waals surface area contributed by atoms with Crippen LogP contribution in [0.2, 0.25) is 0 Å². The third-order valence-corrected chi connectivity index (χ3v) is 4.11. The van der Waals surface area contributed by atoms with Crippen LogP contribution in [0.25, 0.3) is 5.69 Å². The number of amides is 1. The molecule has 1 aromatic heterocycles. The fourth-order valence-electron chi connectivity index (χ4n) is 2.07. The molecule has 0 saturated heterocycles. The summed E-state index contributed by atoms with van der Waals surface area (Å²) in [7, 11) is 0. The maximum Gasteiger partial charge on any atom is 0.226 e. The van der Waals surface area contributed by atoms with E-state index in [1.165, 1.54) is 23.9 Å². The van der Waals surface area contributed by atoms with Crippen LogP contribution in [-0.4, -0.2) is 44.9 Å². The second-order valence-electron chi connectivity index (χ2n) is 5.61. The molecule has 0 aliphatic carbocycles. The van der Waals surface area contributed by atoms with Gasteiger partial charge in [-0.15, -0.1) is 0 Å². The number of hydrogen-bond acceptors (Lipinski definition) is 4. The van der Waals surface area contributed by atoms with Crippen LogP contribution in [0.15, 0.2) is 36.5 Å². The average Bonchev–Trinajstić information content (AvgIpc) is 2.94. The summed E-state index contributed by atoms with van der Waals surface area (Å²) < 4.78 is 14.5. The Morgan fingerprint density at radius 2 is 2.09 bits per heavy atom. The number of aliphatic hydroxyl groups is 1. The number of carbonyl (C=O) groups is 1. The lowest BCUT2D eigenvalue weighted by Crippen LogP contribution is -2.42. The fraction of sp³-hybridized carbons (Fsp3) is 0.375. The average molecular weight is 337 g/mol. The van der Waals surface area contributed by atoms with Gasteiger partial charge in [-0.2, -0.15) is 16.9 Å². The highest BCUT2D eigenvalue weighted by atomic mass is 32.2. The van der Waals surface area contributed by atoms with Crippen molar-refractivity contribution in [3.05, 3.63) is 48.0 Å². The summed E-state index contributed by atoms with van der Waals surface area (Å²) in [5, 5.41) is 17.0. The minimum Gasteiger partial charge on any atom is -0.387 e. The normalized spacial score (nSPS) is 13.6. The first-order valence-corrected chi connectivity index (χ1v) is 8.57. The van der Waals surface area contributed by atoms with Crippen molar-refractivity contribution in [3.8, 4) is 5.69 Å². The Morgan fingerprint density at radius 1 is 1.39 bits per heavy atom. The minimum atomic E-state index is -0.928. The first-order chi connectivity index (χ1) is 10.9. The highest BCUT2D eigenvalue weighted by Gasteiger charge is 2.20. The molecular weight excluding hydrogens is 317 g/mol. The van der Waals surface area contributed by atoms with Gasteiger partial charge in [-0.1, -0.05) is 0 Å². The van der Waals surface area contributed by atoms with Crippen molar-refractivity contribution in [1.82, 2.24) is 15.1 Å². The van der Waals surface area contributed by atoms with E-state index in [9.17, 15) is 14.3 Å². The third-order valence-electron chi connectivity index (χ3n) is 3.20. The summed E-state index contributed by atoms with van der Waals surface area (Å²) in [6, 6.07) is 7.69. The molecule has 0 bridgehead atoms. The largest absolute Gasteiger partial charge is 0.387 e. The Hall–Kier alpha value is -1.86. The van der Waals surface area contributed by atoms with Gasteiger partial charge in [-0.3, -0.25) is 4.79 Å². The van der Waals surface area contributed by atoms with Gasteiger partial charge in [0.25, 0.3) is 0 Å². The Balaban J connectivity index is 1.91. The van der Waals surface area contributed by atoms with Crippen molar-refractivity contribution in [2.45, 2.75) is 18.9 Å². The van der Waals surface area contributed by atoms with Gasteiger partial charge in [0.05, 0.1) is 23.4 Å². The second kappa shape index (κ2) is 7.61. The second-order valence-corrected chi connectivity index (χ2v) is 6.48. The molecule has 7 heteroatoms. The van der Waals surface area contributed by atoms with E-state index in [0.29, 0.717) is 11.4 Å². The van der Waals surface area contributed by atoms with E-state index in [2.05, 4.69) is 10.4 Å². The molecule has 1 atom stereocenters. The van der Waals surface area contributed by atoms with Crippen molar-refractivity contribution in [1.29, 1.82) is 0 Å². The first-order valence-electron chi connectivity index (χ1n) is 7.18. The minimum absolute atomic E-state index is 0.129. The molecule has 124 valence electrons. The molecule has 2 rings (SSSR count). The standard InChI is InChI=1S/C16H20FN3O2S/c1-16(22,11-23-2)10-18-15(21)9-13-7-8-20(19-13)14-5-3-12(17)4-6-14/h3-8,22H,9-11H2,1-2H3,(H,18,21). The molecule has 0 aliphatic rings. The maximum atomic E-state index is 12.9. The molecule has 1 amide bonds. The van der Waals surface area contributed by atoms with Crippen LogP contribution in [0.4, 0.5) is 4.39 Å². The van der Waals surface area contributed by atoms with E-state index >= 15 is 0 Å². The number of rotatable bonds is 7. The Kier molecular flexibility index (Phi) is 5.79. The van der Waals surface area contributed by atoms with Crippen molar-refractivity contribution in [3.63, 3.8) is 0 Å². The van der Waals surface area contributed by atoms with Crippen molar-refractivity contribution >= 4 is 17.7 Å². The van der Waals surface area contributed by atoms with Gasteiger partial charge in [-0.05, 0) is 43.5 Å². The molecule has 2 aromatic rings. The summed E-state index contributed by atoms with van der Waals surface area (Å²) in [5.41, 5.74) is 0.403. The van der Waals surface area contributed by atoms with Crippen molar-refractivity contribution in [2.24, 2.45) is 0 Å². The van der Waals surface area contributed by atoms with Crippen LogP contribution in [0.5, 0.6) is 0 Å². The quantitative estimate of drug-likeness (QED) is 0.808. The van der Waals surface area contributed by atoms with E-state index in [0.717, 1.165) is 5.69 Å². The van der Waals surface area contributed by atoms with Crippen LogP contribution in [0.1, 0.15) is 12.6 Å². The third kappa shape index (κ3) is 5.37. The van der Waals surface area contributed by atoms with E-state index in [4.69, 9.17) is 0 Å². The molecule has 23 heavy (non-hydrogen) atoms. The number of aromatic nitrogens is 2. The van der Waals surface area contributed by atoms with E-state index < -0.39 is 5.60 Å². The van der Waals surface area contributed by atoms with Gasteiger partial charge in [0.15, 0.2) is 0 Å². The van der Waals surface area contributed by atoms with Crippen LogP contribution in [0, 0.1) is 5.82 Å². The van der Waals surface area contributed by atoms with Gasteiger partial charge >= 0.3 is 0 Å². The number of thioether (sulfide) groups is 1.